The van der Waals surface area contributed by atoms with Crippen molar-refractivity contribution in [2.75, 3.05) is 13.2 Å². The summed E-state index contributed by atoms with van der Waals surface area (Å²) in [5.74, 6) is -6.43. The smallest absolute Gasteiger partial charge is 0.303 e. The van der Waals surface area contributed by atoms with Gasteiger partial charge in [-0.3, -0.25) is 58.6 Å². The number of benzene rings is 8. The molecule has 8 aromatic carbocycles. The van der Waals surface area contributed by atoms with Crippen LogP contribution in [-0.4, -0.2) is 205 Å². The number of unbranched alkanes of at least 4 members (excludes halogenated alkanes) is 2. The number of halogens is 2. The zero-order valence-electron chi connectivity index (χ0n) is 80.7. The molecule has 36 nitrogen and oxygen atoms in total. The number of aliphatic imine (C=N–C) groups is 2. The number of nitro groups is 2. The third-order valence-corrected chi connectivity index (χ3v) is 25.3. The van der Waals surface area contributed by atoms with Crippen LogP contribution in [0.1, 0.15) is 158 Å². The maximum absolute atomic E-state index is 12.7. The minimum atomic E-state index is -1.60. The van der Waals surface area contributed by atoms with Gasteiger partial charge in [-0.2, -0.15) is 0 Å². The Kier molecular flexibility index (Phi) is 40.9. The number of nitro benzene ring substituents is 2. The molecule has 14 rings (SSSR count). The molecule has 4 saturated heterocycles. The Hall–Kier alpha value is -12.2. The SMILES string of the molecule is CC(=O)OC[C@H]1O[C@@H](/N=C2\O/C(=C(/I)[C@@H]3O[C@@H](C)[C@@H](OCc4ccccc4)[C@@H](OCc4ccccc4)[C@@H]3OCc3ccccc3)c3ccc([N+](=O)[O-])cc32)[C@H](OC(C)=O)[C@@H](OC(C)=O)[C@H]1OC(C)=O.CC(=O)OC[C@H]1O[C@@H](/N=C2\O/C(=C(/I)[C@@H]3O[C@@H](C)[C@@H](OCc4ccccc4)[C@@H](OCc4ccccc4)[C@@H]3OCc3ccccc3)c3ccc([N+](=O)[O-])cc32)[C@H](OC(C)=O)[C@@H](OC(C)=O)[C@H]1OC(C)=O.CCCCC. The molecule has 4 fully saturated rings. The van der Waals surface area contributed by atoms with E-state index in [-0.39, 0.29) is 85.5 Å². The fourth-order valence-corrected chi connectivity index (χ4v) is 18.5. The van der Waals surface area contributed by atoms with Gasteiger partial charge in [0.25, 0.3) is 11.4 Å². The zero-order chi connectivity index (χ0) is 103. The van der Waals surface area contributed by atoms with Gasteiger partial charge in [-0.15, -0.1) is 0 Å². The summed E-state index contributed by atoms with van der Waals surface area (Å²) >= 11 is 4.22. The normalized spacial score (nSPS) is 25.9. The maximum atomic E-state index is 12.7. The van der Waals surface area contributed by atoms with Crippen molar-refractivity contribution in [2.45, 2.75) is 264 Å². The molecule has 0 aromatic heterocycles. The molecule has 6 heterocycles. The van der Waals surface area contributed by atoms with E-state index in [4.69, 9.17) is 105 Å². The summed E-state index contributed by atoms with van der Waals surface area (Å²) in [5, 5.41) is 24.5. The second kappa shape index (κ2) is 53.4. The van der Waals surface area contributed by atoms with E-state index in [1.807, 2.05) is 196 Å². The first kappa shape index (κ1) is 110. The quantitative estimate of drug-likeness (QED) is 0.0116. The number of carbonyl (C=O) groups excluding carboxylic acids is 8. The van der Waals surface area contributed by atoms with Gasteiger partial charge in [0, 0.05) is 90.8 Å². The van der Waals surface area contributed by atoms with Crippen LogP contribution >= 0.6 is 45.2 Å². The number of fused-ring (bicyclic) bond motifs is 2. The van der Waals surface area contributed by atoms with E-state index in [0.717, 1.165) is 88.8 Å². The first-order valence-corrected chi connectivity index (χ1v) is 48.6. The Morgan fingerprint density at radius 1 is 0.322 bits per heavy atom. The summed E-state index contributed by atoms with van der Waals surface area (Å²) in [6.45, 7) is 17.4. The van der Waals surface area contributed by atoms with Crippen molar-refractivity contribution in [1.82, 2.24) is 0 Å². The number of esters is 8. The number of hydrogen-bond donors (Lipinski definition) is 0. The molecule has 143 heavy (non-hydrogen) atoms. The van der Waals surface area contributed by atoms with Crippen LogP contribution in [0.5, 0.6) is 0 Å². The Bertz CT molecular complexity index is 5460. The Labute approximate surface area is 853 Å². The van der Waals surface area contributed by atoms with Gasteiger partial charge in [0.2, 0.25) is 11.8 Å². The zero-order valence-corrected chi connectivity index (χ0v) is 85.0. The molecule has 760 valence electrons. The lowest BCUT2D eigenvalue weighted by atomic mass is 9.93. The van der Waals surface area contributed by atoms with Crippen molar-refractivity contribution in [3.05, 3.63) is 301 Å². The molecule has 38 heteroatoms. The average Bonchev–Trinajstić information content (AvgIpc) is 1.62. The van der Waals surface area contributed by atoms with Crippen molar-refractivity contribution >= 4 is 128 Å². The van der Waals surface area contributed by atoms with E-state index in [2.05, 4.69) is 59.0 Å². The molecule has 0 amide bonds. The largest absolute Gasteiger partial charge is 0.463 e. The fourth-order valence-electron chi connectivity index (χ4n) is 16.7. The van der Waals surface area contributed by atoms with Crippen molar-refractivity contribution in [2.24, 2.45) is 9.98 Å². The van der Waals surface area contributed by atoms with E-state index < -0.39 is 193 Å². The van der Waals surface area contributed by atoms with Crippen LogP contribution in [-0.2, 0) is 173 Å². The van der Waals surface area contributed by atoms with Gasteiger partial charge in [0.15, 0.2) is 49.1 Å². The lowest BCUT2D eigenvalue weighted by Crippen LogP contribution is -2.62. The molecule has 0 N–H and O–H groups in total. The van der Waals surface area contributed by atoms with Crippen molar-refractivity contribution < 1.29 is 143 Å². The lowest BCUT2D eigenvalue weighted by molar-refractivity contribution is -0.385. The number of ether oxygens (including phenoxy) is 20. The van der Waals surface area contributed by atoms with Crippen LogP contribution in [0.2, 0.25) is 0 Å². The number of rotatable bonds is 36. The molecule has 0 saturated carbocycles. The van der Waals surface area contributed by atoms with Crippen LogP contribution in [0.3, 0.4) is 0 Å². The summed E-state index contributed by atoms with van der Waals surface area (Å²) in [6, 6.07) is 66.2. The van der Waals surface area contributed by atoms with Crippen molar-refractivity contribution in [3.8, 4) is 0 Å². The van der Waals surface area contributed by atoms with E-state index >= 15 is 0 Å². The Balaban J connectivity index is 0.000000244. The predicted octanol–water partition coefficient (Wildman–Crippen LogP) is 16.4. The highest BCUT2D eigenvalue weighted by molar-refractivity contribution is 14.1. The third kappa shape index (κ3) is 30.5. The molecule has 0 radical (unpaired) electrons. The molecular weight excluding hydrogens is 2080 g/mol. The van der Waals surface area contributed by atoms with E-state index in [1.54, 1.807) is 0 Å². The summed E-state index contributed by atoms with van der Waals surface area (Å²) in [5.41, 5.74) is 5.93. The topological polar surface area (TPSA) is 432 Å². The van der Waals surface area contributed by atoms with Crippen LogP contribution < -0.4 is 0 Å². The van der Waals surface area contributed by atoms with Crippen LogP contribution in [0.15, 0.2) is 236 Å². The fraction of sp³-hybridized carbons (Fsp3) is 0.410. The molecule has 6 aliphatic rings. The summed E-state index contributed by atoms with van der Waals surface area (Å²) in [7, 11) is 0. The van der Waals surface area contributed by atoms with Gasteiger partial charge in [-0.1, -0.05) is 215 Å². The number of hydrogen-bond acceptors (Lipinski definition) is 34. The maximum Gasteiger partial charge on any atom is 0.303 e. The molecule has 8 aromatic rings. The summed E-state index contributed by atoms with van der Waals surface area (Å²) in [4.78, 5) is 132. The standard InChI is InChI=1S/2C50H51IN2O16.C5H12/c2*1-28-41(61-24-33-15-9-6-10-16-33)45(62-25-34-17-11-7-12-18-34)46(63-26-35-19-13-8-14-20-35)44(64-28)40(51)42-37-22-21-36(53(58)59)23-38(37)49(69-42)52-50-48(67-32(5)57)47(66-31(4)56)43(65-30(3)55)39(68-50)27-60-29(2)54;1-3-5-4-2/h2*6-23,28,39,41,43-48,50H,24-27H2,1-5H3;3-5H2,1-2H3/b2*42-40+,52-49-;/t2*28-,39+,41+,43-,44-,45+,46+,47-,48+,50+;/m00./s1. The summed E-state index contributed by atoms with van der Waals surface area (Å²) in [6.07, 6.45) is -18.3. The Morgan fingerprint density at radius 3 is 0.832 bits per heavy atom. The van der Waals surface area contributed by atoms with E-state index in [9.17, 15) is 58.6 Å². The highest BCUT2D eigenvalue weighted by Crippen LogP contribution is 2.47. The molecule has 20 atom stereocenters. The number of carbonyl (C=O) groups is 8. The molecular formula is C105H114I2N4O32. The number of nitrogens with zero attached hydrogens (tertiary/aromatic N) is 4. The van der Waals surface area contributed by atoms with Gasteiger partial charge in [-0.05, 0) is 105 Å². The van der Waals surface area contributed by atoms with Gasteiger partial charge >= 0.3 is 47.8 Å². The van der Waals surface area contributed by atoms with Crippen LogP contribution in [0.25, 0.3) is 11.5 Å². The number of non-ortho nitro benzene ring substituents is 2. The van der Waals surface area contributed by atoms with Crippen molar-refractivity contribution in [3.63, 3.8) is 0 Å². The first-order chi connectivity index (χ1) is 68.7. The lowest BCUT2D eigenvalue weighted by Gasteiger charge is -2.45. The first-order valence-electron chi connectivity index (χ1n) is 46.5. The van der Waals surface area contributed by atoms with Crippen LogP contribution in [0, 0.1) is 20.2 Å². The highest BCUT2D eigenvalue weighted by Gasteiger charge is 2.57. The van der Waals surface area contributed by atoms with Gasteiger partial charge in [-0.25, -0.2) is 9.98 Å². The Morgan fingerprint density at radius 2 is 0.580 bits per heavy atom. The third-order valence-electron chi connectivity index (χ3n) is 23.1. The highest BCUT2D eigenvalue weighted by atomic mass is 127. The predicted molar refractivity (Wildman–Crippen MR) is 531 cm³/mol. The molecule has 0 bridgehead atoms. The van der Waals surface area contributed by atoms with Crippen molar-refractivity contribution in [1.29, 1.82) is 0 Å². The molecule has 0 unspecified atom stereocenters. The molecule has 6 aliphatic heterocycles. The van der Waals surface area contributed by atoms with E-state index in [0.29, 0.717) is 18.3 Å². The molecule has 0 spiro atoms. The average molecular weight is 2200 g/mol. The second-order valence-electron chi connectivity index (χ2n) is 34.0. The minimum Gasteiger partial charge on any atom is -0.463 e. The van der Waals surface area contributed by atoms with E-state index in [1.165, 1.54) is 55.7 Å². The van der Waals surface area contributed by atoms with Gasteiger partial charge in [0.1, 0.15) is 85.8 Å². The second-order valence-corrected chi connectivity index (χ2v) is 36.3. The van der Waals surface area contributed by atoms with Gasteiger partial charge in [0.05, 0.1) is 80.0 Å². The molecule has 0 aliphatic carbocycles. The monoisotopic (exact) mass is 2200 g/mol. The minimum absolute atomic E-state index is 0.146. The summed E-state index contributed by atoms with van der Waals surface area (Å²) < 4.78 is 125. The van der Waals surface area contributed by atoms with Crippen LogP contribution in [0.4, 0.5) is 11.4 Å². The van der Waals surface area contributed by atoms with Gasteiger partial charge < -0.3 is 94.7 Å².